The van der Waals surface area contributed by atoms with E-state index in [0.29, 0.717) is 5.69 Å². The topological polar surface area (TPSA) is 125 Å². The molecular weight excluding hydrogens is 286 g/mol. The summed E-state index contributed by atoms with van der Waals surface area (Å²) in [5, 5.41) is 9.11. The van der Waals surface area contributed by atoms with Crippen LogP contribution in [0.4, 0.5) is 0 Å². The number of H-pyrrole nitrogens is 1. The zero-order valence-corrected chi connectivity index (χ0v) is 11.6. The van der Waals surface area contributed by atoms with E-state index >= 15 is 0 Å². The van der Waals surface area contributed by atoms with Crippen LogP contribution in [0, 0.1) is 13.8 Å². The fourth-order valence-electron chi connectivity index (χ4n) is 1.86. The quantitative estimate of drug-likeness (QED) is 0.749. The van der Waals surface area contributed by atoms with Crippen molar-refractivity contribution in [2.24, 2.45) is 0 Å². The number of hydrogen-bond donors (Lipinski definition) is 3. The van der Waals surface area contributed by atoms with Crippen molar-refractivity contribution in [3.8, 4) is 0 Å². The number of aromatic carboxylic acids is 1. The summed E-state index contributed by atoms with van der Waals surface area (Å²) >= 11 is 0. The van der Waals surface area contributed by atoms with Gasteiger partial charge in [0.15, 0.2) is 0 Å². The number of aromatic nitrogens is 2. The molecular formula is C11H13N3O5S. The third kappa shape index (κ3) is 2.58. The van der Waals surface area contributed by atoms with Gasteiger partial charge in [-0.25, -0.2) is 22.9 Å². The van der Waals surface area contributed by atoms with Crippen molar-refractivity contribution < 1.29 is 22.7 Å². The van der Waals surface area contributed by atoms with Crippen LogP contribution in [0.2, 0.25) is 0 Å². The van der Waals surface area contributed by atoms with E-state index in [1.807, 2.05) is 0 Å². The van der Waals surface area contributed by atoms with Gasteiger partial charge in [-0.3, -0.25) is 0 Å². The number of carboxylic acids is 1. The molecule has 0 radical (unpaired) electrons. The van der Waals surface area contributed by atoms with Crippen LogP contribution in [0.3, 0.4) is 0 Å². The molecule has 2 aromatic rings. The van der Waals surface area contributed by atoms with Crippen molar-refractivity contribution in [3.05, 3.63) is 35.3 Å². The SMILES string of the molecule is Cc1oc(C)c(S(=O)(=O)NCc2cnc[nH]2)c1C(=O)O. The fraction of sp³-hybridized carbons (Fsp3) is 0.273. The number of carbonyl (C=O) groups is 1. The number of nitrogens with one attached hydrogen (secondary N) is 2. The summed E-state index contributed by atoms with van der Waals surface area (Å²) in [7, 11) is -3.99. The second-order valence-corrected chi connectivity index (χ2v) is 5.83. The molecule has 2 heterocycles. The Morgan fingerprint density at radius 2 is 2.15 bits per heavy atom. The molecule has 8 nitrogen and oxygen atoms in total. The summed E-state index contributed by atoms with van der Waals surface area (Å²) in [4.78, 5) is 17.3. The summed E-state index contributed by atoms with van der Waals surface area (Å²) in [5.41, 5.74) is 0.211. The van der Waals surface area contributed by atoms with Crippen molar-refractivity contribution >= 4 is 16.0 Å². The first-order valence-electron chi connectivity index (χ1n) is 5.63. The molecule has 9 heteroatoms. The van der Waals surface area contributed by atoms with E-state index in [4.69, 9.17) is 9.52 Å². The molecule has 0 amide bonds. The smallest absolute Gasteiger partial charge is 0.340 e. The van der Waals surface area contributed by atoms with Crippen LogP contribution >= 0.6 is 0 Å². The Bertz CT molecular complexity index is 730. The minimum absolute atomic E-state index is 0.0228. The predicted molar refractivity (Wildman–Crippen MR) is 67.8 cm³/mol. The molecule has 0 spiro atoms. The van der Waals surface area contributed by atoms with E-state index in [2.05, 4.69) is 14.7 Å². The van der Waals surface area contributed by atoms with E-state index in [-0.39, 0.29) is 28.5 Å². The average Bonchev–Trinajstić information content (AvgIpc) is 2.94. The van der Waals surface area contributed by atoms with Crippen molar-refractivity contribution in [1.82, 2.24) is 14.7 Å². The van der Waals surface area contributed by atoms with Crippen LogP contribution in [-0.4, -0.2) is 29.5 Å². The molecule has 3 N–H and O–H groups in total. The highest BCUT2D eigenvalue weighted by Gasteiger charge is 2.30. The van der Waals surface area contributed by atoms with Crippen molar-refractivity contribution in [2.45, 2.75) is 25.3 Å². The lowest BCUT2D eigenvalue weighted by Crippen LogP contribution is -2.25. The first-order valence-corrected chi connectivity index (χ1v) is 7.11. The number of carboxylic acid groups (broad SMARTS) is 1. The van der Waals surface area contributed by atoms with E-state index in [9.17, 15) is 13.2 Å². The van der Waals surface area contributed by atoms with Gasteiger partial charge >= 0.3 is 5.97 Å². The molecule has 0 bridgehead atoms. The molecule has 2 aromatic heterocycles. The Morgan fingerprint density at radius 3 is 2.70 bits per heavy atom. The van der Waals surface area contributed by atoms with E-state index in [1.165, 1.54) is 26.4 Å². The second kappa shape index (κ2) is 5.10. The Hall–Kier alpha value is -2.13. The maximum atomic E-state index is 12.2. The monoisotopic (exact) mass is 299 g/mol. The summed E-state index contributed by atoms with van der Waals surface area (Å²) in [6.45, 7) is 2.79. The van der Waals surface area contributed by atoms with Crippen LogP contribution in [0.1, 0.15) is 27.6 Å². The third-order valence-corrected chi connectivity index (χ3v) is 4.25. The number of aryl methyl sites for hydroxylation is 2. The van der Waals surface area contributed by atoms with Crippen LogP contribution in [-0.2, 0) is 16.6 Å². The highest BCUT2D eigenvalue weighted by atomic mass is 32.2. The molecule has 0 aliphatic heterocycles. The molecule has 2 rings (SSSR count). The number of furan rings is 1. The van der Waals surface area contributed by atoms with E-state index < -0.39 is 16.0 Å². The molecule has 0 aliphatic carbocycles. The first kappa shape index (κ1) is 14.3. The third-order valence-electron chi connectivity index (χ3n) is 2.70. The molecule has 0 atom stereocenters. The normalized spacial score (nSPS) is 11.7. The molecule has 0 fully saturated rings. The van der Waals surface area contributed by atoms with Crippen LogP contribution in [0.25, 0.3) is 0 Å². The maximum absolute atomic E-state index is 12.2. The molecule has 20 heavy (non-hydrogen) atoms. The Morgan fingerprint density at radius 1 is 1.45 bits per heavy atom. The Balaban J connectivity index is 2.37. The molecule has 0 aliphatic rings. The van der Waals surface area contributed by atoms with Gasteiger partial charge in [0.05, 0.1) is 12.9 Å². The molecule has 0 aromatic carbocycles. The number of nitrogens with zero attached hydrogens (tertiary/aromatic N) is 1. The first-order chi connectivity index (χ1) is 9.33. The number of rotatable bonds is 5. The van der Waals surface area contributed by atoms with Crippen molar-refractivity contribution in [2.75, 3.05) is 0 Å². The van der Waals surface area contributed by atoms with Crippen molar-refractivity contribution in [3.63, 3.8) is 0 Å². The molecule has 0 saturated carbocycles. The van der Waals surface area contributed by atoms with Gasteiger partial charge in [-0.2, -0.15) is 0 Å². The fourth-order valence-corrected chi connectivity index (χ4v) is 3.27. The Labute approximate surface area is 114 Å². The maximum Gasteiger partial charge on any atom is 0.340 e. The Kier molecular flexibility index (Phi) is 3.64. The molecule has 0 saturated heterocycles. The minimum atomic E-state index is -3.99. The van der Waals surface area contributed by atoms with Crippen LogP contribution < -0.4 is 4.72 Å². The number of sulfonamides is 1. The van der Waals surface area contributed by atoms with Gasteiger partial charge in [-0.15, -0.1) is 0 Å². The van der Waals surface area contributed by atoms with Gasteiger partial charge in [-0.05, 0) is 13.8 Å². The highest BCUT2D eigenvalue weighted by molar-refractivity contribution is 7.89. The second-order valence-electron chi connectivity index (χ2n) is 4.13. The zero-order chi connectivity index (χ0) is 14.9. The summed E-state index contributed by atoms with van der Waals surface area (Å²) in [5.74, 6) is -1.25. The minimum Gasteiger partial charge on any atom is -0.478 e. The lowest BCUT2D eigenvalue weighted by Gasteiger charge is -2.05. The largest absolute Gasteiger partial charge is 0.478 e. The van der Waals surface area contributed by atoms with Gasteiger partial charge in [-0.1, -0.05) is 0 Å². The van der Waals surface area contributed by atoms with Crippen molar-refractivity contribution in [1.29, 1.82) is 0 Å². The van der Waals surface area contributed by atoms with Gasteiger partial charge in [0.25, 0.3) is 0 Å². The van der Waals surface area contributed by atoms with Crippen LogP contribution in [0.15, 0.2) is 21.8 Å². The van der Waals surface area contributed by atoms with Gasteiger partial charge in [0, 0.05) is 11.9 Å². The van der Waals surface area contributed by atoms with E-state index in [0.717, 1.165) is 0 Å². The lowest BCUT2D eigenvalue weighted by molar-refractivity contribution is 0.0691. The standard InChI is InChI=1S/C11H13N3O5S/c1-6-9(11(15)16)10(7(2)19-6)20(17,18)14-4-8-3-12-5-13-8/h3,5,14H,4H2,1-2H3,(H,12,13)(H,15,16). The predicted octanol–water partition coefficient (Wildman–Crippen LogP) is 0.796. The number of aromatic amines is 1. The number of hydrogen-bond acceptors (Lipinski definition) is 5. The summed E-state index contributed by atoms with van der Waals surface area (Å²) in [6, 6.07) is 0. The average molecular weight is 299 g/mol. The van der Waals surface area contributed by atoms with E-state index in [1.54, 1.807) is 0 Å². The highest BCUT2D eigenvalue weighted by Crippen LogP contribution is 2.26. The zero-order valence-electron chi connectivity index (χ0n) is 10.8. The molecule has 0 unspecified atom stereocenters. The molecule has 108 valence electrons. The summed E-state index contributed by atoms with van der Waals surface area (Å²) < 4.78 is 31.9. The summed E-state index contributed by atoms with van der Waals surface area (Å²) in [6.07, 6.45) is 2.88. The number of imidazole rings is 1. The van der Waals surface area contributed by atoms with Crippen LogP contribution in [0.5, 0.6) is 0 Å². The van der Waals surface area contributed by atoms with Gasteiger partial charge < -0.3 is 14.5 Å². The lowest BCUT2D eigenvalue weighted by atomic mass is 10.2. The van der Waals surface area contributed by atoms with Gasteiger partial charge in [0.2, 0.25) is 10.0 Å². The van der Waals surface area contributed by atoms with Gasteiger partial charge in [0.1, 0.15) is 22.0 Å².